The molecular weight excluding hydrogens is 678 g/mol. The number of fused-ring (bicyclic) bond motifs is 2. The summed E-state index contributed by atoms with van der Waals surface area (Å²) in [5, 5.41) is 29.9. The van der Waals surface area contributed by atoms with Crippen LogP contribution >= 0.6 is 0 Å². The molecule has 0 unspecified atom stereocenters. The van der Waals surface area contributed by atoms with Gasteiger partial charge in [0.1, 0.15) is 23.8 Å². The lowest BCUT2D eigenvalue weighted by Gasteiger charge is -2.12. The SMILES string of the molecule is CCOC(=O)c1nc(C#N)c2c(ccn2-c2ccc(F)cc2)c1OC(C)=O.CCOC(=O)c1nc(C#N)c2c(ccn2Cc2ccc(F)cc2)c1O. The highest BCUT2D eigenvalue weighted by Gasteiger charge is 2.26. The normalized spacial score (nSPS) is 10.5. The summed E-state index contributed by atoms with van der Waals surface area (Å²) >= 11 is 0. The van der Waals surface area contributed by atoms with Crippen molar-refractivity contribution in [2.45, 2.75) is 27.3 Å². The number of hydrogen-bond donors (Lipinski definition) is 1. The minimum Gasteiger partial charge on any atom is -0.505 e. The van der Waals surface area contributed by atoms with Crippen molar-refractivity contribution in [1.29, 1.82) is 10.5 Å². The van der Waals surface area contributed by atoms with Gasteiger partial charge in [0.15, 0.2) is 34.3 Å². The summed E-state index contributed by atoms with van der Waals surface area (Å²) in [6.07, 6.45) is 3.29. The summed E-state index contributed by atoms with van der Waals surface area (Å²) < 4.78 is 44.6. The van der Waals surface area contributed by atoms with Gasteiger partial charge in [-0.3, -0.25) is 4.79 Å². The van der Waals surface area contributed by atoms with Crippen LogP contribution in [0.5, 0.6) is 11.5 Å². The fourth-order valence-corrected chi connectivity index (χ4v) is 5.29. The van der Waals surface area contributed by atoms with E-state index >= 15 is 0 Å². The Labute approximate surface area is 294 Å². The van der Waals surface area contributed by atoms with E-state index in [1.807, 2.05) is 12.1 Å². The van der Waals surface area contributed by atoms with E-state index in [0.29, 0.717) is 34.0 Å². The molecule has 0 radical (unpaired) electrons. The molecule has 0 saturated carbocycles. The van der Waals surface area contributed by atoms with Crippen LogP contribution in [0.1, 0.15) is 58.7 Å². The van der Waals surface area contributed by atoms with Gasteiger partial charge in [-0.25, -0.2) is 28.3 Å². The van der Waals surface area contributed by atoms with Gasteiger partial charge < -0.3 is 28.5 Å². The first-order valence-electron chi connectivity index (χ1n) is 15.6. The number of esters is 3. The Morgan fingerprint density at radius 3 is 1.88 bits per heavy atom. The maximum Gasteiger partial charge on any atom is 0.360 e. The molecule has 0 fully saturated rings. The van der Waals surface area contributed by atoms with Crippen molar-refractivity contribution in [2.24, 2.45) is 0 Å². The van der Waals surface area contributed by atoms with E-state index in [1.165, 1.54) is 43.3 Å². The largest absolute Gasteiger partial charge is 0.505 e. The Balaban J connectivity index is 0.000000202. The maximum absolute atomic E-state index is 13.2. The van der Waals surface area contributed by atoms with Gasteiger partial charge in [-0.05, 0) is 67.9 Å². The van der Waals surface area contributed by atoms with E-state index in [0.717, 1.165) is 5.56 Å². The summed E-state index contributed by atoms with van der Waals surface area (Å²) in [6, 6.07) is 18.6. The van der Waals surface area contributed by atoms with Gasteiger partial charge in [0.05, 0.1) is 24.2 Å². The van der Waals surface area contributed by atoms with Gasteiger partial charge in [-0.2, -0.15) is 10.5 Å². The van der Waals surface area contributed by atoms with Gasteiger partial charge in [-0.15, -0.1) is 0 Å². The first-order chi connectivity index (χ1) is 25.0. The third-order valence-electron chi connectivity index (χ3n) is 7.45. The molecule has 0 amide bonds. The van der Waals surface area contributed by atoms with Gasteiger partial charge in [0, 0.05) is 42.3 Å². The van der Waals surface area contributed by atoms with Crippen molar-refractivity contribution >= 4 is 39.7 Å². The third-order valence-corrected chi connectivity index (χ3v) is 7.45. The quantitative estimate of drug-likeness (QED) is 0.180. The van der Waals surface area contributed by atoms with E-state index < -0.39 is 23.7 Å². The number of carbonyl (C=O) groups excluding carboxylic acids is 3. The molecule has 262 valence electrons. The predicted octanol–water partition coefficient (Wildman–Crippen LogP) is 6.12. The van der Waals surface area contributed by atoms with Crippen LogP contribution in [0, 0.1) is 34.3 Å². The number of nitriles is 2. The molecule has 6 rings (SSSR count). The molecule has 6 aromatic rings. The second-order valence-corrected chi connectivity index (χ2v) is 10.8. The fourth-order valence-electron chi connectivity index (χ4n) is 5.29. The van der Waals surface area contributed by atoms with Crippen molar-refractivity contribution in [3.05, 3.63) is 113 Å². The lowest BCUT2D eigenvalue weighted by Crippen LogP contribution is -2.14. The highest BCUT2D eigenvalue weighted by molar-refractivity contribution is 6.02. The Kier molecular flexibility index (Phi) is 10.9. The number of halogens is 2. The average molecular weight is 707 g/mol. The Morgan fingerprint density at radius 1 is 0.769 bits per heavy atom. The Morgan fingerprint density at radius 2 is 1.31 bits per heavy atom. The van der Waals surface area contributed by atoms with Crippen LogP contribution in [0.3, 0.4) is 0 Å². The zero-order valence-corrected chi connectivity index (χ0v) is 27.9. The maximum atomic E-state index is 13.2. The zero-order chi connectivity index (χ0) is 37.5. The molecular formula is C37H28F2N6O7. The molecule has 1 N–H and O–H groups in total. The summed E-state index contributed by atoms with van der Waals surface area (Å²) in [7, 11) is 0. The molecule has 4 heterocycles. The molecule has 0 spiro atoms. The van der Waals surface area contributed by atoms with Gasteiger partial charge >= 0.3 is 17.9 Å². The van der Waals surface area contributed by atoms with Crippen molar-refractivity contribution in [2.75, 3.05) is 13.2 Å². The van der Waals surface area contributed by atoms with Gasteiger partial charge in [0.2, 0.25) is 0 Å². The first kappa shape index (κ1) is 36.2. The van der Waals surface area contributed by atoms with Crippen LogP contribution < -0.4 is 4.74 Å². The Hall–Kier alpha value is -7.13. The zero-order valence-electron chi connectivity index (χ0n) is 27.9. The number of carbonyl (C=O) groups is 3. The lowest BCUT2D eigenvalue weighted by molar-refractivity contribution is -0.131. The topological polar surface area (TPSA) is 182 Å². The molecule has 13 nitrogen and oxygen atoms in total. The van der Waals surface area contributed by atoms with Crippen molar-refractivity contribution in [3.8, 4) is 29.3 Å². The molecule has 0 saturated heterocycles. The van der Waals surface area contributed by atoms with Crippen LogP contribution in [0.25, 0.3) is 27.5 Å². The number of aromatic nitrogens is 4. The number of rotatable bonds is 8. The van der Waals surface area contributed by atoms with Gasteiger partial charge in [0.25, 0.3) is 0 Å². The van der Waals surface area contributed by atoms with Crippen molar-refractivity contribution in [3.63, 3.8) is 0 Å². The molecule has 0 aliphatic heterocycles. The number of ether oxygens (including phenoxy) is 3. The predicted molar refractivity (Wildman–Crippen MR) is 181 cm³/mol. The van der Waals surface area contributed by atoms with Gasteiger partial charge in [-0.1, -0.05) is 12.1 Å². The van der Waals surface area contributed by atoms with Crippen LogP contribution in [0.15, 0.2) is 73.1 Å². The minimum absolute atomic E-state index is 0.00275. The standard InChI is InChI=1S/C19H14FN3O4.C18H14FN3O3/c1-3-26-19(25)16-18(27-11(2)24)14-8-9-23(17(14)15(10-21)22-16)13-6-4-12(20)5-7-13;1-2-25-18(24)15-17(23)13-7-8-22(16(13)14(9-20)21-15)10-11-3-5-12(19)6-4-11/h4-9H,3H2,1-2H3;3-8,23H,2,10H2,1H3. The number of aromatic hydroxyl groups is 1. The second-order valence-electron chi connectivity index (χ2n) is 10.8. The smallest absolute Gasteiger partial charge is 0.360 e. The first-order valence-corrected chi connectivity index (χ1v) is 15.6. The number of hydrogen-bond acceptors (Lipinski definition) is 11. The van der Waals surface area contributed by atoms with Crippen LogP contribution in [0.4, 0.5) is 8.78 Å². The summed E-state index contributed by atoms with van der Waals surface area (Å²) in [6.45, 7) is 5.03. The van der Waals surface area contributed by atoms with E-state index in [-0.39, 0.29) is 53.3 Å². The highest BCUT2D eigenvalue weighted by atomic mass is 19.1. The molecule has 15 heteroatoms. The van der Waals surface area contributed by atoms with E-state index in [1.54, 1.807) is 59.6 Å². The molecule has 0 aliphatic rings. The molecule has 0 atom stereocenters. The molecule has 0 aliphatic carbocycles. The summed E-state index contributed by atoms with van der Waals surface area (Å²) in [5.74, 6) is -3.40. The third kappa shape index (κ3) is 7.39. The second kappa shape index (κ2) is 15.6. The Bertz CT molecular complexity index is 2410. The number of nitrogens with zero attached hydrogens (tertiary/aromatic N) is 6. The highest BCUT2D eigenvalue weighted by Crippen LogP contribution is 2.34. The van der Waals surface area contributed by atoms with E-state index in [9.17, 15) is 38.8 Å². The van der Waals surface area contributed by atoms with Crippen LogP contribution in [-0.4, -0.2) is 55.3 Å². The molecule has 52 heavy (non-hydrogen) atoms. The van der Waals surface area contributed by atoms with Crippen molar-refractivity contribution < 1.29 is 42.5 Å². The van der Waals surface area contributed by atoms with Crippen LogP contribution in [0.2, 0.25) is 0 Å². The summed E-state index contributed by atoms with van der Waals surface area (Å²) in [5.41, 5.74) is 1.52. The monoisotopic (exact) mass is 706 g/mol. The molecule has 4 aromatic heterocycles. The fraction of sp³-hybridized carbons (Fsp3) is 0.162. The minimum atomic E-state index is -0.804. The van der Waals surface area contributed by atoms with E-state index in [4.69, 9.17) is 14.2 Å². The molecule has 0 bridgehead atoms. The molecule has 2 aromatic carbocycles. The van der Waals surface area contributed by atoms with Crippen LogP contribution in [-0.2, 0) is 20.8 Å². The number of pyridine rings is 2. The lowest BCUT2D eigenvalue weighted by atomic mass is 10.2. The average Bonchev–Trinajstić information content (AvgIpc) is 3.76. The van der Waals surface area contributed by atoms with Crippen molar-refractivity contribution in [1.82, 2.24) is 19.1 Å². The number of benzene rings is 2. The summed E-state index contributed by atoms with van der Waals surface area (Å²) in [4.78, 5) is 43.7. The van der Waals surface area contributed by atoms with E-state index in [2.05, 4.69) is 9.97 Å².